The van der Waals surface area contributed by atoms with Crippen LogP contribution in [0.3, 0.4) is 0 Å². The zero-order valence-corrected chi connectivity index (χ0v) is 16.4. The molecule has 0 saturated carbocycles. The Labute approximate surface area is 168 Å². The van der Waals surface area contributed by atoms with Gasteiger partial charge in [-0.3, -0.25) is 4.40 Å². The lowest BCUT2D eigenvalue weighted by Gasteiger charge is -2.08. The maximum atomic E-state index is 13.5. The SMILES string of the molecule is CCc1ccn2c(-c3ccnc(NCCOC)n3)c(-c3ccc(F)cc3)nc2c1. The van der Waals surface area contributed by atoms with Gasteiger partial charge in [-0.05, 0) is 54.4 Å². The number of hydrogen-bond donors (Lipinski definition) is 1. The smallest absolute Gasteiger partial charge is 0.223 e. The molecule has 1 aromatic carbocycles. The van der Waals surface area contributed by atoms with Crippen LogP contribution in [0.1, 0.15) is 12.5 Å². The molecular formula is C22H22FN5O. The number of rotatable bonds is 7. The summed E-state index contributed by atoms with van der Waals surface area (Å²) >= 11 is 0. The third-order valence-corrected chi connectivity index (χ3v) is 4.70. The van der Waals surface area contributed by atoms with E-state index in [0.717, 1.165) is 34.7 Å². The van der Waals surface area contributed by atoms with Gasteiger partial charge in [-0.25, -0.2) is 19.3 Å². The average Bonchev–Trinajstić information content (AvgIpc) is 3.13. The molecule has 148 valence electrons. The molecule has 4 aromatic rings. The largest absolute Gasteiger partial charge is 0.383 e. The molecule has 0 unspecified atom stereocenters. The lowest BCUT2D eigenvalue weighted by molar-refractivity contribution is 0.210. The first kappa shape index (κ1) is 19.0. The number of fused-ring (bicyclic) bond motifs is 1. The van der Waals surface area contributed by atoms with E-state index in [1.165, 1.54) is 17.7 Å². The van der Waals surface area contributed by atoms with Gasteiger partial charge >= 0.3 is 0 Å². The highest BCUT2D eigenvalue weighted by Gasteiger charge is 2.18. The summed E-state index contributed by atoms with van der Waals surface area (Å²) in [7, 11) is 1.65. The Morgan fingerprint density at radius 1 is 1.10 bits per heavy atom. The van der Waals surface area contributed by atoms with Crippen molar-refractivity contribution in [3.63, 3.8) is 0 Å². The number of aromatic nitrogens is 4. The molecular weight excluding hydrogens is 369 g/mol. The summed E-state index contributed by atoms with van der Waals surface area (Å²) in [6.07, 6.45) is 4.64. The Bertz CT molecular complexity index is 1120. The van der Waals surface area contributed by atoms with Crippen LogP contribution in [0, 0.1) is 5.82 Å². The van der Waals surface area contributed by atoms with Crippen LogP contribution in [0.5, 0.6) is 0 Å². The van der Waals surface area contributed by atoms with Gasteiger partial charge in [0.25, 0.3) is 0 Å². The number of aryl methyl sites for hydroxylation is 1. The quantitative estimate of drug-likeness (QED) is 0.478. The van der Waals surface area contributed by atoms with Crippen LogP contribution >= 0.6 is 0 Å². The Morgan fingerprint density at radius 3 is 2.69 bits per heavy atom. The number of ether oxygens (including phenoxy) is 1. The van der Waals surface area contributed by atoms with Crippen LogP contribution in [-0.2, 0) is 11.2 Å². The molecule has 0 aliphatic rings. The van der Waals surface area contributed by atoms with Crippen LogP contribution in [0.15, 0.2) is 54.9 Å². The number of benzene rings is 1. The summed E-state index contributed by atoms with van der Waals surface area (Å²) in [6.45, 7) is 3.28. The Kier molecular flexibility index (Phi) is 5.48. The molecule has 0 saturated heterocycles. The summed E-state index contributed by atoms with van der Waals surface area (Å²) in [5.74, 6) is 0.240. The fourth-order valence-corrected chi connectivity index (χ4v) is 3.20. The number of pyridine rings is 1. The molecule has 7 heteroatoms. The van der Waals surface area contributed by atoms with Gasteiger partial charge in [0.05, 0.1) is 23.7 Å². The average molecular weight is 391 g/mol. The normalized spacial score (nSPS) is 11.1. The maximum Gasteiger partial charge on any atom is 0.223 e. The van der Waals surface area contributed by atoms with Crippen molar-refractivity contribution in [2.75, 3.05) is 25.6 Å². The first-order chi connectivity index (χ1) is 14.2. The van der Waals surface area contributed by atoms with Crippen molar-refractivity contribution in [2.45, 2.75) is 13.3 Å². The summed E-state index contributed by atoms with van der Waals surface area (Å²) in [5, 5.41) is 3.15. The Balaban J connectivity index is 1.86. The van der Waals surface area contributed by atoms with Gasteiger partial charge in [0.15, 0.2) is 0 Å². The molecule has 3 aromatic heterocycles. The molecule has 6 nitrogen and oxygen atoms in total. The van der Waals surface area contributed by atoms with Crippen molar-refractivity contribution in [3.8, 4) is 22.6 Å². The summed E-state index contributed by atoms with van der Waals surface area (Å²) in [4.78, 5) is 13.8. The van der Waals surface area contributed by atoms with E-state index in [1.807, 2.05) is 16.7 Å². The van der Waals surface area contributed by atoms with Crippen molar-refractivity contribution in [2.24, 2.45) is 0 Å². The first-order valence-electron chi connectivity index (χ1n) is 9.52. The van der Waals surface area contributed by atoms with Crippen LogP contribution in [0.25, 0.3) is 28.3 Å². The van der Waals surface area contributed by atoms with Gasteiger partial charge < -0.3 is 10.1 Å². The maximum absolute atomic E-state index is 13.5. The second-order valence-corrected chi connectivity index (χ2v) is 6.62. The zero-order chi connectivity index (χ0) is 20.2. The van der Waals surface area contributed by atoms with Crippen molar-refractivity contribution < 1.29 is 9.13 Å². The van der Waals surface area contributed by atoms with E-state index < -0.39 is 0 Å². The van der Waals surface area contributed by atoms with Gasteiger partial charge in [0, 0.05) is 31.6 Å². The lowest BCUT2D eigenvalue weighted by Crippen LogP contribution is -2.10. The number of methoxy groups -OCH3 is 1. The number of imidazole rings is 1. The van der Waals surface area contributed by atoms with E-state index in [2.05, 4.69) is 34.3 Å². The van der Waals surface area contributed by atoms with E-state index in [1.54, 1.807) is 25.4 Å². The summed E-state index contributed by atoms with van der Waals surface area (Å²) in [5.41, 5.74) is 5.17. The molecule has 1 N–H and O–H groups in total. The highest BCUT2D eigenvalue weighted by atomic mass is 19.1. The topological polar surface area (TPSA) is 64.3 Å². The van der Waals surface area contributed by atoms with E-state index in [-0.39, 0.29) is 5.82 Å². The van der Waals surface area contributed by atoms with Crippen LogP contribution < -0.4 is 5.32 Å². The van der Waals surface area contributed by atoms with Gasteiger partial charge in [0.2, 0.25) is 5.95 Å². The van der Waals surface area contributed by atoms with Crippen molar-refractivity contribution in [3.05, 3.63) is 66.2 Å². The van der Waals surface area contributed by atoms with Crippen LogP contribution in [0.2, 0.25) is 0 Å². The second-order valence-electron chi connectivity index (χ2n) is 6.62. The van der Waals surface area contributed by atoms with Gasteiger partial charge in [-0.2, -0.15) is 0 Å². The van der Waals surface area contributed by atoms with Gasteiger partial charge in [-0.1, -0.05) is 6.92 Å². The van der Waals surface area contributed by atoms with Crippen LogP contribution in [-0.4, -0.2) is 39.6 Å². The first-order valence-corrected chi connectivity index (χ1v) is 9.52. The molecule has 0 aliphatic carbocycles. The van der Waals surface area contributed by atoms with Crippen molar-refractivity contribution in [1.82, 2.24) is 19.4 Å². The predicted molar refractivity (Wildman–Crippen MR) is 111 cm³/mol. The minimum atomic E-state index is -0.279. The van der Waals surface area contributed by atoms with E-state index in [4.69, 9.17) is 9.72 Å². The molecule has 29 heavy (non-hydrogen) atoms. The molecule has 0 radical (unpaired) electrons. The number of hydrogen-bond acceptors (Lipinski definition) is 5. The number of anilines is 1. The highest BCUT2D eigenvalue weighted by molar-refractivity contribution is 5.80. The third-order valence-electron chi connectivity index (χ3n) is 4.70. The minimum Gasteiger partial charge on any atom is -0.383 e. The molecule has 0 spiro atoms. The zero-order valence-electron chi connectivity index (χ0n) is 16.4. The molecule has 0 bridgehead atoms. The fraction of sp³-hybridized carbons (Fsp3) is 0.227. The van der Waals surface area contributed by atoms with E-state index in [9.17, 15) is 4.39 Å². The van der Waals surface area contributed by atoms with Crippen molar-refractivity contribution in [1.29, 1.82) is 0 Å². The fourth-order valence-electron chi connectivity index (χ4n) is 3.20. The Hall–Kier alpha value is -3.32. The van der Waals surface area contributed by atoms with Crippen molar-refractivity contribution >= 4 is 11.6 Å². The summed E-state index contributed by atoms with van der Waals surface area (Å²) < 4.78 is 20.5. The molecule has 0 atom stereocenters. The van der Waals surface area contributed by atoms with Gasteiger partial charge in [0.1, 0.15) is 11.5 Å². The highest BCUT2D eigenvalue weighted by Crippen LogP contribution is 2.32. The number of halogens is 1. The molecule has 0 aliphatic heterocycles. The molecule has 0 amide bonds. The molecule has 0 fully saturated rings. The van der Waals surface area contributed by atoms with E-state index >= 15 is 0 Å². The van der Waals surface area contributed by atoms with E-state index in [0.29, 0.717) is 19.1 Å². The standard InChI is InChI=1S/C22H22FN5O/c1-3-15-9-12-28-19(14-15)27-20(16-4-6-17(23)7-5-16)21(28)18-8-10-24-22(26-18)25-11-13-29-2/h4-10,12,14H,3,11,13H2,1-2H3,(H,24,25,26). The second kappa shape index (κ2) is 8.36. The predicted octanol–water partition coefficient (Wildman–Crippen LogP) is 4.22. The molecule has 4 rings (SSSR count). The minimum absolute atomic E-state index is 0.279. The summed E-state index contributed by atoms with van der Waals surface area (Å²) in [6, 6.07) is 12.4. The van der Waals surface area contributed by atoms with Gasteiger partial charge in [-0.15, -0.1) is 0 Å². The van der Waals surface area contributed by atoms with Crippen LogP contribution in [0.4, 0.5) is 10.3 Å². The monoisotopic (exact) mass is 391 g/mol. The lowest BCUT2D eigenvalue weighted by atomic mass is 10.1. The number of nitrogens with zero attached hydrogens (tertiary/aromatic N) is 4. The molecule has 3 heterocycles. The Morgan fingerprint density at radius 2 is 1.93 bits per heavy atom. The number of nitrogens with one attached hydrogen (secondary N) is 1. The third kappa shape index (κ3) is 3.95.